The summed E-state index contributed by atoms with van der Waals surface area (Å²) in [6.07, 6.45) is 7.25. The topological polar surface area (TPSA) is 74.7 Å². The van der Waals surface area contributed by atoms with E-state index in [1.54, 1.807) is 24.5 Å². The number of rotatable bonds is 5. The highest BCUT2D eigenvalue weighted by Gasteiger charge is 2.25. The zero-order chi connectivity index (χ0) is 21.1. The van der Waals surface area contributed by atoms with Gasteiger partial charge in [0.2, 0.25) is 11.8 Å². The second-order valence-corrected chi connectivity index (χ2v) is 8.33. The molecule has 1 amide bonds. The molecular weight excluding hydrogens is 404 g/mol. The minimum Gasteiger partial charge on any atom is -0.474 e. The van der Waals surface area contributed by atoms with Gasteiger partial charge in [0.05, 0.1) is 10.6 Å². The van der Waals surface area contributed by atoms with E-state index in [4.69, 9.17) is 16.3 Å². The standard InChI is InChI=1S/C21H27ClN6O2/c1-26(2)21-23-8-5-18(25-21)30-16-6-11-27(12-7-16)19-17(22)13-15(14-24-19)20(29)28-9-3-4-10-28/h5,8,13-14,16H,3-4,6-7,9-12H2,1-2H3. The van der Waals surface area contributed by atoms with Crippen molar-refractivity contribution in [3.05, 3.63) is 35.1 Å². The first-order chi connectivity index (χ1) is 14.5. The quantitative estimate of drug-likeness (QED) is 0.721. The zero-order valence-corrected chi connectivity index (χ0v) is 18.2. The average Bonchev–Trinajstić information content (AvgIpc) is 3.29. The first-order valence-corrected chi connectivity index (χ1v) is 10.8. The maximum absolute atomic E-state index is 12.6. The van der Waals surface area contributed by atoms with E-state index in [1.165, 1.54) is 0 Å². The summed E-state index contributed by atoms with van der Waals surface area (Å²) in [5, 5.41) is 0.519. The second kappa shape index (κ2) is 9.04. The smallest absolute Gasteiger partial charge is 0.255 e. The van der Waals surface area contributed by atoms with Crippen LogP contribution in [0, 0.1) is 0 Å². The van der Waals surface area contributed by atoms with Crippen molar-refractivity contribution in [1.82, 2.24) is 19.9 Å². The van der Waals surface area contributed by atoms with Crippen molar-refractivity contribution >= 4 is 29.3 Å². The lowest BCUT2D eigenvalue weighted by atomic mass is 10.1. The van der Waals surface area contributed by atoms with E-state index in [-0.39, 0.29) is 12.0 Å². The van der Waals surface area contributed by atoms with Gasteiger partial charge in [0.1, 0.15) is 11.9 Å². The number of piperidine rings is 1. The summed E-state index contributed by atoms with van der Waals surface area (Å²) in [6.45, 7) is 3.19. The van der Waals surface area contributed by atoms with Crippen LogP contribution in [0.3, 0.4) is 0 Å². The molecule has 0 spiro atoms. The first-order valence-electron chi connectivity index (χ1n) is 10.4. The fraction of sp³-hybridized carbons (Fsp3) is 0.524. The maximum Gasteiger partial charge on any atom is 0.255 e. The molecule has 0 saturated carbocycles. The predicted octanol–water partition coefficient (Wildman–Crippen LogP) is 2.87. The molecule has 0 atom stereocenters. The molecule has 2 aliphatic rings. The van der Waals surface area contributed by atoms with Gasteiger partial charge < -0.3 is 19.4 Å². The molecule has 9 heteroatoms. The Morgan fingerprint density at radius 3 is 2.57 bits per heavy atom. The van der Waals surface area contributed by atoms with Gasteiger partial charge in [-0.3, -0.25) is 4.79 Å². The third kappa shape index (κ3) is 4.59. The van der Waals surface area contributed by atoms with E-state index in [1.807, 2.05) is 23.9 Å². The molecule has 2 aromatic heterocycles. The molecule has 4 rings (SSSR count). The van der Waals surface area contributed by atoms with E-state index < -0.39 is 0 Å². The van der Waals surface area contributed by atoms with Gasteiger partial charge in [0, 0.05) is 71.6 Å². The minimum absolute atomic E-state index is 0.0162. The Morgan fingerprint density at radius 2 is 1.90 bits per heavy atom. The van der Waals surface area contributed by atoms with Gasteiger partial charge in [-0.2, -0.15) is 4.98 Å². The van der Waals surface area contributed by atoms with Crippen molar-refractivity contribution in [2.45, 2.75) is 31.8 Å². The van der Waals surface area contributed by atoms with Crippen LogP contribution < -0.4 is 14.5 Å². The molecule has 0 unspecified atom stereocenters. The van der Waals surface area contributed by atoms with E-state index in [2.05, 4.69) is 19.9 Å². The summed E-state index contributed by atoms with van der Waals surface area (Å²) in [4.78, 5) is 31.6. The van der Waals surface area contributed by atoms with Crippen LogP contribution in [0.5, 0.6) is 5.88 Å². The van der Waals surface area contributed by atoms with Crippen molar-refractivity contribution in [3.8, 4) is 5.88 Å². The van der Waals surface area contributed by atoms with E-state index in [0.717, 1.165) is 57.7 Å². The first kappa shape index (κ1) is 20.7. The lowest BCUT2D eigenvalue weighted by Gasteiger charge is -2.33. The molecule has 2 fully saturated rings. The molecule has 0 bridgehead atoms. The van der Waals surface area contributed by atoms with E-state index in [0.29, 0.717) is 22.4 Å². The Morgan fingerprint density at radius 1 is 1.17 bits per heavy atom. The fourth-order valence-electron chi connectivity index (χ4n) is 3.85. The molecule has 160 valence electrons. The molecule has 2 aliphatic heterocycles. The summed E-state index contributed by atoms with van der Waals surface area (Å²) >= 11 is 6.50. The van der Waals surface area contributed by atoms with Crippen molar-refractivity contribution in [3.63, 3.8) is 0 Å². The highest BCUT2D eigenvalue weighted by molar-refractivity contribution is 6.33. The molecule has 4 heterocycles. The highest BCUT2D eigenvalue weighted by atomic mass is 35.5. The number of halogens is 1. The number of hydrogen-bond acceptors (Lipinski definition) is 7. The van der Waals surface area contributed by atoms with Crippen molar-refractivity contribution < 1.29 is 9.53 Å². The van der Waals surface area contributed by atoms with Crippen LogP contribution in [0.25, 0.3) is 0 Å². The molecule has 8 nitrogen and oxygen atoms in total. The molecule has 0 aromatic carbocycles. The molecule has 2 aromatic rings. The van der Waals surface area contributed by atoms with Gasteiger partial charge >= 0.3 is 0 Å². The number of likely N-dealkylation sites (tertiary alicyclic amines) is 1. The third-order valence-corrected chi connectivity index (χ3v) is 5.79. The number of pyridine rings is 1. The monoisotopic (exact) mass is 430 g/mol. The van der Waals surface area contributed by atoms with Gasteiger partial charge in [0.15, 0.2) is 0 Å². The number of ether oxygens (including phenoxy) is 1. The normalized spacial score (nSPS) is 17.3. The van der Waals surface area contributed by atoms with Crippen LogP contribution in [0.2, 0.25) is 5.02 Å². The van der Waals surface area contributed by atoms with Gasteiger partial charge in [-0.1, -0.05) is 11.6 Å². The molecule has 2 saturated heterocycles. The van der Waals surface area contributed by atoms with E-state index in [9.17, 15) is 4.79 Å². The highest BCUT2D eigenvalue weighted by Crippen LogP contribution is 2.28. The Bertz CT molecular complexity index is 895. The van der Waals surface area contributed by atoms with Crippen molar-refractivity contribution in [2.75, 3.05) is 50.1 Å². The summed E-state index contributed by atoms with van der Waals surface area (Å²) < 4.78 is 6.06. The lowest BCUT2D eigenvalue weighted by Crippen LogP contribution is -2.39. The number of hydrogen-bond donors (Lipinski definition) is 0. The van der Waals surface area contributed by atoms with Crippen LogP contribution in [-0.4, -0.2) is 72.1 Å². The molecular formula is C21H27ClN6O2. The molecule has 0 radical (unpaired) electrons. The molecule has 0 aliphatic carbocycles. The summed E-state index contributed by atoms with van der Waals surface area (Å²) in [5.74, 6) is 1.96. The fourth-order valence-corrected chi connectivity index (χ4v) is 4.14. The van der Waals surface area contributed by atoms with Gasteiger partial charge in [-0.15, -0.1) is 0 Å². The van der Waals surface area contributed by atoms with Crippen LogP contribution in [-0.2, 0) is 0 Å². The minimum atomic E-state index is 0.0162. The zero-order valence-electron chi connectivity index (χ0n) is 17.4. The van der Waals surface area contributed by atoms with Crippen LogP contribution in [0.4, 0.5) is 11.8 Å². The Labute approximate surface area is 181 Å². The Balaban J connectivity index is 1.36. The molecule has 30 heavy (non-hydrogen) atoms. The van der Waals surface area contributed by atoms with E-state index >= 15 is 0 Å². The maximum atomic E-state index is 12.6. The van der Waals surface area contributed by atoms with Crippen LogP contribution >= 0.6 is 11.6 Å². The number of carbonyl (C=O) groups excluding carboxylic acids is 1. The third-order valence-electron chi connectivity index (χ3n) is 5.51. The van der Waals surface area contributed by atoms with Gasteiger partial charge in [-0.05, 0) is 18.9 Å². The average molecular weight is 431 g/mol. The predicted molar refractivity (Wildman–Crippen MR) is 117 cm³/mol. The summed E-state index contributed by atoms with van der Waals surface area (Å²) in [7, 11) is 3.80. The second-order valence-electron chi connectivity index (χ2n) is 7.92. The number of aromatic nitrogens is 3. The van der Waals surface area contributed by atoms with Gasteiger partial charge in [0.25, 0.3) is 5.91 Å². The van der Waals surface area contributed by atoms with Crippen LogP contribution in [0.1, 0.15) is 36.0 Å². The number of carbonyl (C=O) groups is 1. The SMILES string of the molecule is CN(C)c1nccc(OC2CCN(c3ncc(C(=O)N4CCCC4)cc3Cl)CC2)n1. The summed E-state index contributed by atoms with van der Waals surface area (Å²) in [5.41, 5.74) is 0.560. The van der Waals surface area contributed by atoms with Crippen LogP contribution in [0.15, 0.2) is 24.5 Å². The van der Waals surface area contributed by atoms with Crippen molar-refractivity contribution in [2.24, 2.45) is 0 Å². The largest absolute Gasteiger partial charge is 0.474 e. The van der Waals surface area contributed by atoms with Crippen molar-refractivity contribution in [1.29, 1.82) is 0 Å². The lowest BCUT2D eigenvalue weighted by molar-refractivity contribution is 0.0792. The number of anilines is 2. The summed E-state index contributed by atoms with van der Waals surface area (Å²) in [6, 6.07) is 3.53. The molecule has 0 N–H and O–H groups in total. The Hall–Kier alpha value is -2.61. The van der Waals surface area contributed by atoms with Gasteiger partial charge in [-0.25, -0.2) is 9.97 Å². The Kier molecular flexibility index (Phi) is 6.22. The number of nitrogens with zero attached hydrogens (tertiary/aromatic N) is 6. The number of amides is 1.